The van der Waals surface area contributed by atoms with E-state index in [9.17, 15) is 18.4 Å². The van der Waals surface area contributed by atoms with Crippen molar-refractivity contribution < 1.29 is 23.1 Å². The van der Waals surface area contributed by atoms with Crippen molar-refractivity contribution in [1.82, 2.24) is 4.90 Å². The Balaban J connectivity index is 1.73. The number of ether oxygens (including phenoxy) is 1. The highest BCUT2D eigenvalue weighted by atomic mass is 19.4. The van der Waals surface area contributed by atoms with Gasteiger partial charge in [-0.25, -0.2) is 0 Å². The topological polar surface area (TPSA) is 45.1 Å². The average molecular weight is 322 g/mol. The second kappa shape index (κ2) is 5.83. The fourth-order valence-electron chi connectivity index (χ4n) is 2.59. The Morgan fingerprint density at radius 1 is 1.09 bits per heavy atom. The van der Waals surface area contributed by atoms with Gasteiger partial charge in [-0.2, -0.15) is 0 Å². The maximum atomic E-state index is 12.1. The molecule has 0 saturated carbocycles. The summed E-state index contributed by atoms with van der Waals surface area (Å²) in [5, 5.41) is 12.6. The molecule has 0 fully saturated rings. The smallest absolute Gasteiger partial charge is 0.409 e. The van der Waals surface area contributed by atoms with Crippen LogP contribution in [0.2, 0.25) is 0 Å². The number of amidine groups is 1. The van der Waals surface area contributed by atoms with Gasteiger partial charge in [-0.05, 0) is 23.3 Å². The summed E-state index contributed by atoms with van der Waals surface area (Å²) in [6.07, 6.45) is -4.70. The van der Waals surface area contributed by atoms with Gasteiger partial charge < -0.3 is 14.8 Å². The van der Waals surface area contributed by atoms with Crippen LogP contribution in [0.15, 0.2) is 53.7 Å². The van der Waals surface area contributed by atoms with Crippen molar-refractivity contribution in [2.45, 2.75) is 19.5 Å². The number of hydrogen-bond donors (Lipinski definition) is 1. The van der Waals surface area contributed by atoms with Crippen LogP contribution in [0.4, 0.5) is 13.2 Å². The SMILES string of the molecule is ON=C1c2ccccc2CN1Cc1ccc(OC(F)(F)F)cc1. The van der Waals surface area contributed by atoms with E-state index < -0.39 is 6.36 Å². The highest BCUT2D eigenvalue weighted by molar-refractivity contribution is 6.02. The van der Waals surface area contributed by atoms with Crippen LogP contribution in [0.25, 0.3) is 0 Å². The molecule has 3 rings (SSSR count). The number of fused-ring (bicyclic) bond motifs is 1. The number of halogens is 3. The van der Waals surface area contributed by atoms with E-state index in [4.69, 9.17) is 0 Å². The molecular weight excluding hydrogens is 309 g/mol. The Bertz CT molecular complexity index is 727. The summed E-state index contributed by atoms with van der Waals surface area (Å²) < 4.78 is 40.3. The van der Waals surface area contributed by atoms with Gasteiger partial charge in [-0.3, -0.25) is 0 Å². The molecule has 0 radical (unpaired) electrons. The summed E-state index contributed by atoms with van der Waals surface area (Å²) in [5.41, 5.74) is 2.68. The normalized spacial score (nSPS) is 15.8. The molecule has 1 N–H and O–H groups in total. The average Bonchev–Trinajstić information content (AvgIpc) is 2.85. The maximum absolute atomic E-state index is 12.1. The Hall–Kier alpha value is -2.70. The van der Waals surface area contributed by atoms with E-state index in [0.717, 1.165) is 16.7 Å². The molecule has 0 saturated heterocycles. The minimum Gasteiger partial charge on any atom is -0.409 e. The molecule has 0 atom stereocenters. The van der Waals surface area contributed by atoms with Crippen LogP contribution in [0, 0.1) is 0 Å². The molecule has 0 bridgehead atoms. The predicted molar refractivity (Wildman–Crippen MR) is 77.1 cm³/mol. The Labute approximate surface area is 130 Å². The minimum absolute atomic E-state index is 0.262. The first kappa shape index (κ1) is 15.2. The van der Waals surface area contributed by atoms with Crippen LogP contribution in [0.5, 0.6) is 5.75 Å². The van der Waals surface area contributed by atoms with Crippen molar-refractivity contribution >= 4 is 5.84 Å². The number of oxime groups is 1. The molecule has 120 valence electrons. The Morgan fingerprint density at radius 3 is 2.43 bits per heavy atom. The van der Waals surface area contributed by atoms with E-state index in [-0.39, 0.29) is 5.75 Å². The quantitative estimate of drug-likeness (QED) is 0.692. The zero-order chi connectivity index (χ0) is 16.4. The number of alkyl halides is 3. The molecule has 0 amide bonds. The third kappa shape index (κ3) is 3.39. The van der Waals surface area contributed by atoms with Crippen molar-refractivity contribution in [3.05, 3.63) is 65.2 Å². The number of rotatable bonds is 3. The zero-order valence-corrected chi connectivity index (χ0v) is 11.9. The van der Waals surface area contributed by atoms with Crippen LogP contribution < -0.4 is 4.74 Å². The molecule has 0 spiro atoms. The third-order valence-corrected chi connectivity index (χ3v) is 3.54. The van der Waals surface area contributed by atoms with Crippen molar-refractivity contribution in [1.29, 1.82) is 0 Å². The Kier molecular flexibility index (Phi) is 3.85. The van der Waals surface area contributed by atoms with Gasteiger partial charge in [-0.15, -0.1) is 13.2 Å². The molecule has 2 aromatic rings. The van der Waals surface area contributed by atoms with Crippen molar-refractivity contribution in [3.63, 3.8) is 0 Å². The van der Waals surface area contributed by atoms with Gasteiger partial charge in [0, 0.05) is 18.7 Å². The monoisotopic (exact) mass is 322 g/mol. The first-order valence-electron chi connectivity index (χ1n) is 6.86. The lowest BCUT2D eigenvalue weighted by atomic mass is 10.1. The predicted octanol–water partition coefficient (Wildman–Crippen LogP) is 3.74. The Morgan fingerprint density at radius 2 is 1.78 bits per heavy atom. The van der Waals surface area contributed by atoms with Gasteiger partial charge >= 0.3 is 6.36 Å². The van der Waals surface area contributed by atoms with E-state index in [1.807, 2.05) is 29.2 Å². The molecule has 2 aromatic carbocycles. The van der Waals surface area contributed by atoms with Gasteiger partial charge in [-0.1, -0.05) is 41.6 Å². The van der Waals surface area contributed by atoms with Crippen molar-refractivity contribution in [2.75, 3.05) is 0 Å². The first-order chi connectivity index (χ1) is 11.0. The molecule has 4 nitrogen and oxygen atoms in total. The summed E-state index contributed by atoms with van der Waals surface area (Å²) >= 11 is 0. The number of hydrogen-bond acceptors (Lipinski definition) is 3. The lowest BCUT2D eigenvalue weighted by molar-refractivity contribution is -0.274. The second-order valence-corrected chi connectivity index (χ2v) is 5.13. The maximum Gasteiger partial charge on any atom is 0.573 e. The van der Waals surface area contributed by atoms with Crippen LogP contribution in [-0.4, -0.2) is 22.3 Å². The molecule has 1 aliphatic heterocycles. The van der Waals surface area contributed by atoms with Gasteiger partial charge in [0.1, 0.15) is 5.75 Å². The highest BCUT2D eigenvalue weighted by Crippen LogP contribution is 2.26. The highest BCUT2D eigenvalue weighted by Gasteiger charge is 2.31. The van der Waals surface area contributed by atoms with Crippen molar-refractivity contribution in [3.8, 4) is 5.75 Å². The van der Waals surface area contributed by atoms with E-state index in [2.05, 4.69) is 9.89 Å². The molecule has 1 heterocycles. The van der Waals surface area contributed by atoms with E-state index in [0.29, 0.717) is 18.9 Å². The molecule has 7 heteroatoms. The van der Waals surface area contributed by atoms with E-state index >= 15 is 0 Å². The summed E-state index contributed by atoms with van der Waals surface area (Å²) in [4.78, 5) is 1.85. The molecule has 0 aromatic heterocycles. The van der Waals surface area contributed by atoms with Gasteiger partial charge in [0.25, 0.3) is 0 Å². The fraction of sp³-hybridized carbons (Fsp3) is 0.188. The lowest BCUT2D eigenvalue weighted by Crippen LogP contribution is -2.24. The largest absolute Gasteiger partial charge is 0.573 e. The third-order valence-electron chi connectivity index (χ3n) is 3.54. The lowest BCUT2D eigenvalue weighted by Gasteiger charge is -2.18. The van der Waals surface area contributed by atoms with E-state index in [1.165, 1.54) is 12.1 Å². The van der Waals surface area contributed by atoms with Crippen molar-refractivity contribution in [2.24, 2.45) is 5.16 Å². The van der Waals surface area contributed by atoms with Crippen LogP contribution in [-0.2, 0) is 13.1 Å². The zero-order valence-electron chi connectivity index (χ0n) is 11.9. The summed E-state index contributed by atoms with van der Waals surface area (Å²) in [6, 6.07) is 13.2. The van der Waals surface area contributed by atoms with Gasteiger partial charge in [0.15, 0.2) is 5.84 Å². The second-order valence-electron chi connectivity index (χ2n) is 5.13. The number of benzene rings is 2. The standard InChI is InChI=1S/C16H13F3N2O2/c17-16(18,19)23-13-7-5-11(6-8-13)9-21-10-12-3-1-2-4-14(12)15(21)20-22/h1-8,22H,9-10H2. The number of nitrogens with zero attached hydrogens (tertiary/aromatic N) is 2. The first-order valence-corrected chi connectivity index (χ1v) is 6.86. The van der Waals surface area contributed by atoms with E-state index in [1.54, 1.807) is 12.1 Å². The van der Waals surface area contributed by atoms with Gasteiger partial charge in [0.2, 0.25) is 0 Å². The van der Waals surface area contributed by atoms with Crippen LogP contribution in [0.3, 0.4) is 0 Å². The molecule has 1 aliphatic rings. The van der Waals surface area contributed by atoms with Crippen LogP contribution >= 0.6 is 0 Å². The summed E-state index contributed by atoms with van der Waals surface area (Å²) in [5.74, 6) is 0.193. The summed E-state index contributed by atoms with van der Waals surface area (Å²) in [6.45, 7) is 0.997. The van der Waals surface area contributed by atoms with Crippen LogP contribution in [0.1, 0.15) is 16.7 Å². The summed E-state index contributed by atoms with van der Waals surface area (Å²) in [7, 11) is 0. The molecular formula is C16H13F3N2O2. The van der Waals surface area contributed by atoms with Gasteiger partial charge in [0.05, 0.1) is 0 Å². The minimum atomic E-state index is -4.70. The molecule has 23 heavy (non-hydrogen) atoms. The fourth-order valence-corrected chi connectivity index (χ4v) is 2.59. The molecule has 0 aliphatic carbocycles. The molecule has 0 unspecified atom stereocenters.